The first-order chi connectivity index (χ1) is 11.1. The Bertz CT molecular complexity index is 1080. The molecule has 0 spiro atoms. The summed E-state index contributed by atoms with van der Waals surface area (Å²) in [5.41, 5.74) is 2.44. The Hall–Kier alpha value is -2.86. The fraction of sp³-hybridized carbons (Fsp3) is 0.0588. The van der Waals surface area contributed by atoms with Gasteiger partial charge in [0.1, 0.15) is 4.70 Å². The van der Waals surface area contributed by atoms with Crippen LogP contribution in [0.3, 0.4) is 0 Å². The average Bonchev–Trinajstić information content (AvgIpc) is 2.93. The molecular formula is C17H14N4OS. The highest BCUT2D eigenvalue weighted by molar-refractivity contribution is 7.25. The second-order valence-corrected chi connectivity index (χ2v) is 6.43. The summed E-state index contributed by atoms with van der Waals surface area (Å²) in [5, 5.41) is 4.09. The lowest BCUT2D eigenvalue weighted by atomic mass is 10.2. The fourth-order valence-electron chi connectivity index (χ4n) is 2.51. The number of benzene rings is 2. The molecule has 0 aliphatic heterocycles. The maximum absolute atomic E-state index is 12.5. The highest BCUT2D eigenvalue weighted by atomic mass is 32.1. The Kier molecular flexibility index (Phi) is 3.06. The van der Waals surface area contributed by atoms with Crippen LogP contribution in [0, 0.1) is 6.92 Å². The topological polar surface area (TPSA) is 72.9 Å². The Morgan fingerprint density at radius 2 is 1.87 bits per heavy atom. The molecule has 0 aliphatic rings. The lowest BCUT2D eigenvalue weighted by molar-refractivity contribution is 0.930. The van der Waals surface area contributed by atoms with Crippen LogP contribution in [0.5, 0.6) is 0 Å². The van der Waals surface area contributed by atoms with Crippen molar-refractivity contribution < 1.29 is 0 Å². The highest BCUT2D eigenvalue weighted by Gasteiger charge is 2.14. The molecule has 4 rings (SSSR count). The summed E-state index contributed by atoms with van der Waals surface area (Å²) >= 11 is 1.42. The van der Waals surface area contributed by atoms with Gasteiger partial charge in [0.15, 0.2) is 0 Å². The van der Waals surface area contributed by atoms with E-state index in [-0.39, 0.29) is 5.56 Å². The third-order valence-corrected chi connectivity index (χ3v) is 4.88. The minimum atomic E-state index is -0.245. The largest absolute Gasteiger partial charge is 0.333 e. The van der Waals surface area contributed by atoms with E-state index in [1.54, 1.807) is 0 Å². The van der Waals surface area contributed by atoms with Crippen LogP contribution in [-0.2, 0) is 0 Å². The van der Waals surface area contributed by atoms with Gasteiger partial charge in [-0.25, -0.2) is 4.98 Å². The number of nitrogens with one attached hydrogen (secondary N) is 1. The quantitative estimate of drug-likeness (QED) is 0.555. The minimum Gasteiger partial charge on any atom is -0.333 e. The van der Waals surface area contributed by atoms with E-state index < -0.39 is 0 Å². The number of aryl methyl sites for hydroxylation is 1. The molecule has 0 unspecified atom stereocenters. The van der Waals surface area contributed by atoms with Crippen LogP contribution in [0.2, 0.25) is 0 Å². The minimum absolute atomic E-state index is 0.245. The molecule has 2 aromatic heterocycles. The summed E-state index contributed by atoms with van der Waals surface area (Å²) in [6, 6.07) is 15.7. The van der Waals surface area contributed by atoms with Gasteiger partial charge < -0.3 is 11.2 Å². The van der Waals surface area contributed by atoms with E-state index in [0.29, 0.717) is 16.2 Å². The standard InChI is InChI=1S/C17H14N4OS/c1-10-6-8-11(9-7-10)19-17-20-14-12-4-2-3-5-13(12)23-15(14)16(22)21(17)18/h2-9H,18H2,1H3,(H,19,20). The maximum Gasteiger partial charge on any atom is 0.291 e. The molecule has 6 heteroatoms. The number of thiophene rings is 1. The number of anilines is 2. The van der Waals surface area contributed by atoms with Crippen LogP contribution in [-0.4, -0.2) is 9.66 Å². The number of hydrogen-bond donors (Lipinski definition) is 2. The van der Waals surface area contributed by atoms with Gasteiger partial charge in [-0.1, -0.05) is 35.9 Å². The number of rotatable bonds is 2. The number of nitrogens with two attached hydrogens (primary N) is 1. The van der Waals surface area contributed by atoms with E-state index in [1.165, 1.54) is 11.3 Å². The fourth-order valence-corrected chi connectivity index (χ4v) is 3.59. The second-order valence-electron chi connectivity index (χ2n) is 5.38. The van der Waals surface area contributed by atoms with E-state index in [4.69, 9.17) is 5.84 Å². The summed E-state index contributed by atoms with van der Waals surface area (Å²) in [7, 11) is 0. The van der Waals surface area contributed by atoms with E-state index in [2.05, 4.69) is 10.3 Å². The van der Waals surface area contributed by atoms with Gasteiger partial charge in [-0.3, -0.25) is 4.79 Å². The molecule has 23 heavy (non-hydrogen) atoms. The van der Waals surface area contributed by atoms with Gasteiger partial charge in [-0.15, -0.1) is 11.3 Å². The molecular weight excluding hydrogens is 308 g/mol. The monoisotopic (exact) mass is 322 g/mol. The normalized spacial score (nSPS) is 11.2. The molecule has 4 aromatic rings. The van der Waals surface area contributed by atoms with Crippen molar-refractivity contribution >= 4 is 43.3 Å². The molecule has 0 radical (unpaired) electrons. The number of hydrogen-bond acceptors (Lipinski definition) is 5. The number of aromatic nitrogens is 2. The lowest BCUT2D eigenvalue weighted by Gasteiger charge is -2.10. The zero-order valence-electron chi connectivity index (χ0n) is 12.4. The van der Waals surface area contributed by atoms with Crippen LogP contribution >= 0.6 is 11.3 Å². The van der Waals surface area contributed by atoms with Crippen molar-refractivity contribution in [1.82, 2.24) is 9.66 Å². The molecule has 3 N–H and O–H groups in total. The number of nitrogen functional groups attached to an aromatic ring is 1. The smallest absolute Gasteiger partial charge is 0.291 e. The van der Waals surface area contributed by atoms with E-state index in [1.807, 2.05) is 55.5 Å². The Morgan fingerprint density at radius 3 is 2.65 bits per heavy atom. The number of fused-ring (bicyclic) bond motifs is 3. The summed E-state index contributed by atoms with van der Waals surface area (Å²) < 4.78 is 2.67. The molecule has 2 heterocycles. The van der Waals surface area contributed by atoms with Crippen LogP contribution in [0.4, 0.5) is 11.6 Å². The van der Waals surface area contributed by atoms with Crippen molar-refractivity contribution in [2.45, 2.75) is 6.92 Å². The van der Waals surface area contributed by atoms with Crippen molar-refractivity contribution in [3.05, 3.63) is 64.4 Å². The van der Waals surface area contributed by atoms with Crippen molar-refractivity contribution in [2.75, 3.05) is 11.2 Å². The first-order valence-corrected chi connectivity index (χ1v) is 7.98. The van der Waals surface area contributed by atoms with E-state index in [0.717, 1.165) is 26.0 Å². The van der Waals surface area contributed by atoms with Crippen molar-refractivity contribution in [2.24, 2.45) is 0 Å². The Balaban J connectivity index is 1.92. The summed E-state index contributed by atoms with van der Waals surface area (Å²) in [4.78, 5) is 17.1. The van der Waals surface area contributed by atoms with Crippen LogP contribution in [0.25, 0.3) is 20.3 Å². The van der Waals surface area contributed by atoms with Gasteiger partial charge in [0.2, 0.25) is 5.95 Å². The maximum atomic E-state index is 12.5. The third-order valence-electron chi connectivity index (χ3n) is 3.74. The molecule has 0 bridgehead atoms. The van der Waals surface area contributed by atoms with Crippen molar-refractivity contribution in [3.63, 3.8) is 0 Å². The predicted molar refractivity (Wildman–Crippen MR) is 96.0 cm³/mol. The van der Waals surface area contributed by atoms with Gasteiger partial charge in [0.05, 0.1) is 5.52 Å². The molecule has 0 fully saturated rings. The first kappa shape index (κ1) is 13.8. The van der Waals surface area contributed by atoms with E-state index in [9.17, 15) is 4.79 Å². The van der Waals surface area contributed by atoms with Gasteiger partial charge in [0.25, 0.3) is 5.56 Å². The summed E-state index contributed by atoms with van der Waals surface area (Å²) in [5.74, 6) is 6.26. The zero-order chi connectivity index (χ0) is 16.0. The van der Waals surface area contributed by atoms with Gasteiger partial charge in [0, 0.05) is 15.8 Å². The van der Waals surface area contributed by atoms with Crippen LogP contribution < -0.4 is 16.7 Å². The van der Waals surface area contributed by atoms with Crippen LogP contribution in [0.1, 0.15) is 5.56 Å². The van der Waals surface area contributed by atoms with Crippen molar-refractivity contribution in [1.29, 1.82) is 0 Å². The molecule has 5 nitrogen and oxygen atoms in total. The predicted octanol–water partition coefficient (Wildman–Crippen LogP) is 3.38. The molecule has 0 saturated carbocycles. The van der Waals surface area contributed by atoms with Gasteiger partial charge in [-0.2, -0.15) is 4.68 Å². The summed E-state index contributed by atoms with van der Waals surface area (Å²) in [6.45, 7) is 2.02. The van der Waals surface area contributed by atoms with Gasteiger partial charge in [-0.05, 0) is 25.1 Å². The van der Waals surface area contributed by atoms with Gasteiger partial charge >= 0.3 is 0 Å². The molecule has 114 valence electrons. The molecule has 0 amide bonds. The summed E-state index contributed by atoms with van der Waals surface area (Å²) in [6.07, 6.45) is 0. The average molecular weight is 322 g/mol. The molecule has 0 aliphatic carbocycles. The molecule has 0 atom stereocenters. The molecule has 0 saturated heterocycles. The van der Waals surface area contributed by atoms with E-state index >= 15 is 0 Å². The number of nitrogens with zero attached hydrogens (tertiary/aromatic N) is 2. The Morgan fingerprint density at radius 1 is 1.13 bits per heavy atom. The zero-order valence-corrected chi connectivity index (χ0v) is 13.2. The lowest BCUT2D eigenvalue weighted by Crippen LogP contribution is -2.29. The first-order valence-electron chi connectivity index (χ1n) is 7.16. The molecule has 2 aromatic carbocycles. The highest BCUT2D eigenvalue weighted by Crippen LogP contribution is 2.31. The Labute approximate surface area is 136 Å². The van der Waals surface area contributed by atoms with Crippen molar-refractivity contribution in [3.8, 4) is 0 Å². The second kappa shape index (κ2) is 5.10. The van der Waals surface area contributed by atoms with Crippen LogP contribution in [0.15, 0.2) is 53.3 Å². The third kappa shape index (κ3) is 2.24. The SMILES string of the molecule is Cc1ccc(Nc2nc3c(sc4ccccc43)c(=O)n2N)cc1.